The molecule has 2 aromatic rings. The van der Waals surface area contributed by atoms with Crippen LogP contribution in [0.3, 0.4) is 0 Å². The molecule has 1 N–H and O–H groups in total. The zero-order chi connectivity index (χ0) is 18.0. The molecule has 26 heavy (non-hydrogen) atoms. The van der Waals surface area contributed by atoms with Gasteiger partial charge in [0.25, 0.3) is 0 Å². The van der Waals surface area contributed by atoms with Crippen molar-refractivity contribution in [3.05, 3.63) is 45.6 Å². The molecule has 0 aliphatic carbocycles. The van der Waals surface area contributed by atoms with E-state index >= 15 is 0 Å². The van der Waals surface area contributed by atoms with E-state index in [1.807, 2.05) is 12.3 Å². The Labute approximate surface area is 158 Å². The van der Waals surface area contributed by atoms with Gasteiger partial charge in [-0.05, 0) is 81.9 Å². The number of allylic oxidation sites excluding steroid dienone is 1. The van der Waals surface area contributed by atoms with Gasteiger partial charge in [-0.15, -0.1) is 0 Å². The minimum Gasteiger partial charge on any atom is -0.312 e. The minimum atomic E-state index is -0.115. The first-order valence-electron chi connectivity index (χ1n) is 9.69. The molecule has 138 valence electrons. The monoisotopic (exact) mass is 369 g/mol. The molecule has 1 aromatic heterocycles. The Morgan fingerprint density at radius 3 is 2.92 bits per heavy atom. The highest BCUT2D eigenvalue weighted by molar-refractivity contribution is 7.16. The summed E-state index contributed by atoms with van der Waals surface area (Å²) >= 11 is 1.30. The molecule has 2 aliphatic rings. The zero-order valence-corrected chi connectivity index (χ0v) is 16.2. The van der Waals surface area contributed by atoms with Crippen molar-refractivity contribution in [2.45, 2.75) is 44.6 Å². The van der Waals surface area contributed by atoms with Gasteiger partial charge in [0.05, 0.1) is 15.8 Å². The molecule has 0 amide bonds. The Morgan fingerprint density at radius 2 is 2.15 bits per heavy atom. The SMILES string of the molecule is CC1(C(CCN2CCCCC2)Cc2ccc3[nH]c(=O)sc3c2)C=CC=N1. The lowest BCUT2D eigenvalue weighted by atomic mass is 9.79. The number of likely N-dealkylation sites (tertiary alicyclic amines) is 1. The van der Waals surface area contributed by atoms with Crippen LogP contribution in [0, 0.1) is 5.92 Å². The normalized spacial score (nSPS) is 24.5. The number of rotatable bonds is 6. The highest BCUT2D eigenvalue weighted by atomic mass is 32.1. The molecule has 5 heteroatoms. The van der Waals surface area contributed by atoms with Crippen molar-refractivity contribution in [2.75, 3.05) is 19.6 Å². The number of aromatic nitrogens is 1. The Morgan fingerprint density at radius 1 is 1.31 bits per heavy atom. The van der Waals surface area contributed by atoms with E-state index in [-0.39, 0.29) is 10.4 Å². The quantitative estimate of drug-likeness (QED) is 0.836. The first-order chi connectivity index (χ1) is 12.6. The number of benzene rings is 1. The third-order valence-electron chi connectivity index (χ3n) is 5.91. The van der Waals surface area contributed by atoms with Crippen LogP contribution >= 0.6 is 11.3 Å². The van der Waals surface area contributed by atoms with E-state index < -0.39 is 0 Å². The number of hydrogen-bond donors (Lipinski definition) is 1. The molecule has 2 unspecified atom stereocenters. The fraction of sp³-hybridized carbons (Fsp3) is 0.524. The van der Waals surface area contributed by atoms with E-state index in [1.54, 1.807) is 0 Å². The highest BCUT2D eigenvalue weighted by Gasteiger charge is 2.33. The number of fused-ring (bicyclic) bond motifs is 1. The summed E-state index contributed by atoms with van der Waals surface area (Å²) in [6.07, 6.45) is 12.5. The fourth-order valence-corrected chi connectivity index (χ4v) is 5.05. The van der Waals surface area contributed by atoms with Crippen molar-refractivity contribution in [1.82, 2.24) is 9.88 Å². The van der Waals surface area contributed by atoms with Gasteiger partial charge < -0.3 is 9.88 Å². The lowest BCUT2D eigenvalue weighted by Crippen LogP contribution is -2.37. The van der Waals surface area contributed by atoms with E-state index in [2.05, 4.69) is 41.1 Å². The number of nitrogens with zero attached hydrogens (tertiary/aromatic N) is 2. The van der Waals surface area contributed by atoms with Crippen molar-refractivity contribution < 1.29 is 0 Å². The number of aromatic amines is 1. The summed E-state index contributed by atoms with van der Waals surface area (Å²) in [6.45, 7) is 5.89. The van der Waals surface area contributed by atoms with Gasteiger partial charge in [-0.1, -0.05) is 29.9 Å². The second kappa shape index (κ2) is 7.49. The fourth-order valence-electron chi connectivity index (χ4n) is 4.25. The Hall–Kier alpha value is -1.72. The van der Waals surface area contributed by atoms with Gasteiger partial charge >= 0.3 is 4.87 Å². The zero-order valence-electron chi connectivity index (χ0n) is 15.4. The summed E-state index contributed by atoms with van der Waals surface area (Å²) < 4.78 is 1.05. The largest absolute Gasteiger partial charge is 0.312 e. The van der Waals surface area contributed by atoms with Crippen LogP contribution in [0.15, 0.2) is 40.1 Å². The van der Waals surface area contributed by atoms with E-state index in [4.69, 9.17) is 4.99 Å². The van der Waals surface area contributed by atoms with Gasteiger partial charge in [-0.3, -0.25) is 9.79 Å². The molecule has 3 heterocycles. The van der Waals surface area contributed by atoms with Crippen molar-refractivity contribution in [3.63, 3.8) is 0 Å². The number of piperidine rings is 1. The van der Waals surface area contributed by atoms with Crippen molar-refractivity contribution in [2.24, 2.45) is 10.9 Å². The second-order valence-corrected chi connectivity index (χ2v) is 8.81. The lowest BCUT2D eigenvalue weighted by molar-refractivity contribution is 0.199. The average molecular weight is 370 g/mol. The van der Waals surface area contributed by atoms with Crippen molar-refractivity contribution >= 4 is 27.8 Å². The predicted molar refractivity (Wildman–Crippen MR) is 111 cm³/mol. The Bertz CT molecular complexity index is 861. The molecular formula is C21H27N3OS. The Balaban J connectivity index is 1.52. The van der Waals surface area contributed by atoms with E-state index in [0.29, 0.717) is 5.92 Å². The van der Waals surface area contributed by atoms with Crippen LogP contribution in [-0.4, -0.2) is 41.3 Å². The van der Waals surface area contributed by atoms with E-state index in [0.717, 1.165) is 29.6 Å². The summed E-state index contributed by atoms with van der Waals surface area (Å²) in [7, 11) is 0. The summed E-state index contributed by atoms with van der Waals surface area (Å²) in [5.41, 5.74) is 2.13. The number of hydrogen-bond acceptors (Lipinski definition) is 4. The smallest absolute Gasteiger partial charge is 0.305 e. The summed E-state index contributed by atoms with van der Waals surface area (Å²) in [5, 5.41) is 0. The second-order valence-electron chi connectivity index (χ2n) is 7.80. The van der Waals surface area contributed by atoms with Crippen LogP contribution in [0.25, 0.3) is 10.2 Å². The molecule has 1 aromatic carbocycles. The van der Waals surface area contributed by atoms with Gasteiger partial charge in [0.15, 0.2) is 0 Å². The van der Waals surface area contributed by atoms with Gasteiger partial charge in [-0.2, -0.15) is 0 Å². The van der Waals surface area contributed by atoms with Gasteiger partial charge in [-0.25, -0.2) is 0 Å². The lowest BCUT2D eigenvalue weighted by Gasteiger charge is -2.34. The molecule has 0 radical (unpaired) electrons. The molecule has 0 bridgehead atoms. The Kier molecular flexibility index (Phi) is 5.09. The minimum absolute atomic E-state index is 0.0223. The average Bonchev–Trinajstić information content (AvgIpc) is 3.24. The third-order valence-corrected chi connectivity index (χ3v) is 6.75. The molecule has 4 rings (SSSR count). The number of thiazole rings is 1. The molecular weight excluding hydrogens is 342 g/mol. The van der Waals surface area contributed by atoms with E-state index in [1.165, 1.54) is 49.3 Å². The van der Waals surface area contributed by atoms with E-state index in [9.17, 15) is 4.79 Å². The van der Waals surface area contributed by atoms with Crippen LogP contribution in [-0.2, 0) is 6.42 Å². The molecule has 4 nitrogen and oxygen atoms in total. The summed E-state index contributed by atoms with van der Waals surface area (Å²) in [4.78, 5) is 21.9. The maximum absolute atomic E-state index is 11.6. The summed E-state index contributed by atoms with van der Waals surface area (Å²) in [6, 6.07) is 6.38. The van der Waals surface area contributed by atoms with Crippen molar-refractivity contribution in [1.29, 1.82) is 0 Å². The van der Waals surface area contributed by atoms with Crippen LogP contribution < -0.4 is 4.87 Å². The number of H-pyrrole nitrogens is 1. The maximum atomic E-state index is 11.6. The first kappa shape index (κ1) is 17.7. The molecule has 0 spiro atoms. The number of nitrogens with one attached hydrogen (secondary N) is 1. The highest BCUT2D eigenvalue weighted by Crippen LogP contribution is 2.33. The molecule has 1 saturated heterocycles. The standard InChI is InChI=1S/C21H27N3OS/c1-21(9-5-10-22-21)17(8-13-24-11-3-2-4-12-24)14-16-6-7-18-19(15-16)26-20(25)23-18/h5-7,9-10,15,17H,2-4,8,11-14H2,1H3,(H,23,25). The first-order valence-corrected chi connectivity index (χ1v) is 10.5. The molecule has 0 saturated carbocycles. The topological polar surface area (TPSA) is 48.5 Å². The third kappa shape index (κ3) is 3.84. The maximum Gasteiger partial charge on any atom is 0.305 e. The molecule has 2 atom stereocenters. The van der Waals surface area contributed by atoms with Gasteiger partial charge in [0.2, 0.25) is 0 Å². The number of aliphatic imine (C=N–C) groups is 1. The van der Waals surface area contributed by atoms with Crippen LogP contribution in [0.1, 0.15) is 38.2 Å². The molecule has 1 fully saturated rings. The summed E-state index contributed by atoms with van der Waals surface area (Å²) in [5.74, 6) is 0.465. The van der Waals surface area contributed by atoms with Crippen molar-refractivity contribution in [3.8, 4) is 0 Å². The van der Waals surface area contributed by atoms with Crippen LogP contribution in [0.2, 0.25) is 0 Å². The van der Waals surface area contributed by atoms with Crippen LogP contribution in [0.5, 0.6) is 0 Å². The van der Waals surface area contributed by atoms with Crippen LogP contribution in [0.4, 0.5) is 0 Å². The molecule has 2 aliphatic heterocycles. The van der Waals surface area contributed by atoms with Gasteiger partial charge in [0.1, 0.15) is 0 Å². The van der Waals surface area contributed by atoms with Gasteiger partial charge in [0, 0.05) is 6.21 Å². The predicted octanol–water partition coefficient (Wildman–Crippen LogP) is 4.02.